The van der Waals surface area contributed by atoms with Crippen molar-refractivity contribution in [3.63, 3.8) is 0 Å². The lowest BCUT2D eigenvalue weighted by Crippen LogP contribution is -2.21. The van der Waals surface area contributed by atoms with Gasteiger partial charge in [-0.1, -0.05) is 0 Å². The number of methoxy groups -OCH3 is 2. The third kappa shape index (κ3) is 6.07. The molecule has 0 spiro atoms. The minimum Gasteiger partial charge on any atom is -0.504 e. The zero-order valence-electron chi connectivity index (χ0n) is 18.2. The van der Waals surface area contributed by atoms with Crippen LogP contribution in [-0.2, 0) is 0 Å². The fraction of sp³-hybridized carbons (Fsp3) is 0.0870. The zero-order chi connectivity index (χ0) is 24.5. The lowest BCUT2D eigenvalue weighted by molar-refractivity contribution is 0.0939. The lowest BCUT2D eigenvalue weighted by atomic mass is 10.2. The number of nitrogens with zero attached hydrogens (tertiary/aromatic N) is 3. The molecule has 0 unspecified atom stereocenters. The van der Waals surface area contributed by atoms with Gasteiger partial charge in [0, 0.05) is 6.20 Å². The molecular weight excluding hydrogens is 442 g/mol. The van der Waals surface area contributed by atoms with Crippen molar-refractivity contribution in [1.29, 1.82) is 0 Å². The minimum atomic E-state index is -0.576. The molecule has 0 fully saturated rings. The van der Waals surface area contributed by atoms with Gasteiger partial charge in [-0.05, 0) is 59.7 Å². The number of phenolic OH excluding ortho intramolecular Hbond substituents is 2. The molecule has 1 heterocycles. The molecule has 0 aliphatic rings. The van der Waals surface area contributed by atoms with E-state index in [0.717, 1.165) is 0 Å². The number of ether oxygens (including phenoxy) is 2. The zero-order valence-corrected chi connectivity index (χ0v) is 18.2. The smallest absolute Gasteiger partial charge is 0.289 e. The Hall–Kier alpha value is -4.93. The summed E-state index contributed by atoms with van der Waals surface area (Å²) in [6, 6.07) is 12.0. The Morgan fingerprint density at radius 2 is 1.35 bits per heavy atom. The predicted molar refractivity (Wildman–Crippen MR) is 124 cm³/mol. The van der Waals surface area contributed by atoms with E-state index in [2.05, 4.69) is 26.0 Å². The summed E-state index contributed by atoms with van der Waals surface area (Å²) in [5.74, 6) is -0.569. The van der Waals surface area contributed by atoms with Gasteiger partial charge in [0.05, 0.1) is 32.2 Å². The number of carbonyl (C=O) groups excluding carboxylic acids is 2. The van der Waals surface area contributed by atoms with Crippen LogP contribution in [0.1, 0.15) is 32.0 Å². The van der Waals surface area contributed by atoms with E-state index in [0.29, 0.717) is 11.1 Å². The van der Waals surface area contributed by atoms with E-state index < -0.39 is 11.8 Å². The summed E-state index contributed by atoms with van der Waals surface area (Å²) in [5, 5.41) is 26.9. The van der Waals surface area contributed by atoms with Crippen molar-refractivity contribution >= 4 is 24.2 Å². The molecule has 0 aliphatic carbocycles. The highest BCUT2D eigenvalue weighted by molar-refractivity contribution is 5.97. The topological polar surface area (TPSA) is 155 Å². The van der Waals surface area contributed by atoms with Crippen molar-refractivity contribution in [3.05, 3.63) is 77.1 Å². The van der Waals surface area contributed by atoms with Gasteiger partial charge in [-0.15, -0.1) is 0 Å². The fourth-order valence-corrected chi connectivity index (χ4v) is 2.66. The van der Waals surface area contributed by atoms with Crippen LogP contribution in [0, 0.1) is 0 Å². The standard InChI is InChI=1S/C23H21N5O6/c1-33-20-9-14(3-7-18(20)29)11-25-27-22(31)16-5-6-17(24-13-16)23(32)28-26-12-15-4-8-19(30)21(10-15)34-2/h3-13,29-30H,1-2H3,(H,27,31)(H,28,32)/b25-11+,26-12+. The molecule has 1 aromatic heterocycles. The van der Waals surface area contributed by atoms with E-state index in [1.165, 1.54) is 57.1 Å². The van der Waals surface area contributed by atoms with Crippen molar-refractivity contribution in [2.45, 2.75) is 0 Å². The Morgan fingerprint density at radius 3 is 1.82 bits per heavy atom. The highest BCUT2D eigenvalue weighted by Gasteiger charge is 2.10. The molecule has 2 aromatic carbocycles. The van der Waals surface area contributed by atoms with Crippen molar-refractivity contribution in [3.8, 4) is 23.0 Å². The van der Waals surface area contributed by atoms with Crippen LogP contribution < -0.4 is 20.3 Å². The maximum Gasteiger partial charge on any atom is 0.289 e. The maximum absolute atomic E-state index is 12.2. The van der Waals surface area contributed by atoms with E-state index in [4.69, 9.17) is 9.47 Å². The van der Waals surface area contributed by atoms with Crippen LogP contribution in [0.15, 0.2) is 64.9 Å². The average molecular weight is 463 g/mol. The van der Waals surface area contributed by atoms with E-state index in [1.807, 2.05) is 0 Å². The number of amides is 2. The van der Waals surface area contributed by atoms with Gasteiger partial charge in [-0.2, -0.15) is 10.2 Å². The Bertz CT molecular complexity index is 1140. The van der Waals surface area contributed by atoms with Crippen LogP contribution in [0.5, 0.6) is 23.0 Å². The molecule has 2 amide bonds. The van der Waals surface area contributed by atoms with Crippen LogP contribution in [0.4, 0.5) is 0 Å². The SMILES string of the molecule is COc1cc(/C=N/NC(=O)c2ccc(C(=O)N/N=C/c3ccc(O)c(OC)c3)nc2)ccc1O. The fourth-order valence-electron chi connectivity index (χ4n) is 2.66. The third-order valence-electron chi connectivity index (χ3n) is 4.43. The Kier molecular flexibility index (Phi) is 7.74. The lowest BCUT2D eigenvalue weighted by Gasteiger charge is -2.04. The van der Waals surface area contributed by atoms with Gasteiger partial charge in [0.15, 0.2) is 23.0 Å². The van der Waals surface area contributed by atoms with E-state index in [9.17, 15) is 19.8 Å². The summed E-state index contributed by atoms with van der Waals surface area (Å²) >= 11 is 0. The second-order valence-corrected chi connectivity index (χ2v) is 6.69. The molecular formula is C23H21N5O6. The first-order valence-electron chi connectivity index (χ1n) is 9.78. The Labute approximate surface area is 194 Å². The van der Waals surface area contributed by atoms with Crippen LogP contribution in [0.2, 0.25) is 0 Å². The van der Waals surface area contributed by atoms with Crippen LogP contribution in [0.3, 0.4) is 0 Å². The molecule has 0 bridgehead atoms. The molecule has 0 radical (unpaired) electrons. The molecule has 0 atom stereocenters. The summed E-state index contributed by atoms with van der Waals surface area (Å²) in [4.78, 5) is 28.4. The normalized spacial score (nSPS) is 10.9. The molecule has 0 saturated carbocycles. The number of phenols is 2. The number of benzene rings is 2. The van der Waals surface area contributed by atoms with Crippen LogP contribution in [0.25, 0.3) is 0 Å². The van der Waals surface area contributed by atoms with Gasteiger partial charge >= 0.3 is 0 Å². The molecule has 3 aromatic rings. The number of aromatic hydroxyl groups is 2. The van der Waals surface area contributed by atoms with Crippen molar-refractivity contribution in [1.82, 2.24) is 15.8 Å². The number of rotatable bonds is 8. The summed E-state index contributed by atoms with van der Waals surface area (Å²) in [5.41, 5.74) is 6.12. The van der Waals surface area contributed by atoms with E-state index in [1.54, 1.807) is 24.3 Å². The second-order valence-electron chi connectivity index (χ2n) is 6.69. The highest BCUT2D eigenvalue weighted by atomic mass is 16.5. The molecule has 4 N–H and O–H groups in total. The summed E-state index contributed by atoms with van der Waals surface area (Å²) in [7, 11) is 2.85. The number of carbonyl (C=O) groups is 2. The summed E-state index contributed by atoms with van der Waals surface area (Å²) < 4.78 is 10.0. The number of pyridine rings is 1. The van der Waals surface area contributed by atoms with Crippen molar-refractivity contribution in [2.75, 3.05) is 14.2 Å². The summed E-state index contributed by atoms with van der Waals surface area (Å²) in [6.07, 6.45) is 4.00. The number of hydrogen-bond acceptors (Lipinski definition) is 9. The number of hydrogen-bond donors (Lipinski definition) is 4. The van der Waals surface area contributed by atoms with Gasteiger partial charge in [-0.25, -0.2) is 10.9 Å². The van der Waals surface area contributed by atoms with Gasteiger partial charge < -0.3 is 19.7 Å². The first-order chi connectivity index (χ1) is 16.4. The Morgan fingerprint density at radius 1 is 0.824 bits per heavy atom. The highest BCUT2D eigenvalue weighted by Crippen LogP contribution is 2.26. The van der Waals surface area contributed by atoms with E-state index in [-0.39, 0.29) is 34.3 Å². The van der Waals surface area contributed by atoms with Gasteiger partial charge in [0.25, 0.3) is 11.8 Å². The van der Waals surface area contributed by atoms with Gasteiger partial charge in [0.2, 0.25) is 0 Å². The maximum atomic E-state index is 12.2. The number of aromatic nitrogens is 1. The number of nitrogens with one attached hydrogen (secondary N) is 2. The first-order valence-corrected chi connectivity index (χ1v) is 9.78. The largest absolute Gasteiger partial charge is 0.504 e. The molecule has 0 aliphatic heterocycles. The first kappa shape index (κ1) is 23.7. The molecule has 11 nitrogen and oxygen atoms in total. The van der Waals surface area contributed by atoms with Crippen LogP contribution >= 0.6 is 0 Å². The summed E-state index contributed by atoms with van der Waals surface area (Å²) in [6.45, 7) is 0. The quantitative estimate of drug-likeness (QED) is 0.294. The molecule has 34 heavy (non-hydrogen) atoms. The third-order valence-corrected chi connectivity index (χ3v) is 4.43. The monoisotopic (exact) mass is 463 g/mol. The van der Waals surface area contributed by atoms with Crippen LogP contribution in [-0.4, -0.2) is 53.7 Å². The molecule has 11 heteroatoms. The van der Waals surface area contributed by atoms with Crippen molar-refractivity contribution in [2.24, 2.45) is 10.2 Å². The predicted octanol–water partition coefficient (Wildman–Crippen LogP) is 2.04. The van der Waals surface area contributed by atoms with E-state index >= 15 is 0 Å². The second kappa shape index (κ2) is 11.1. The van der Waals surface area contributed by atoms with Gasteiger partial charge in [0.1, 0.15) is 5.69 Å². The Balaban J connectivity index is 1.55. The minimum absolute atomic E-state index is 0.00911. The molecule has 174 valence electrons. The van der Waals surface area contributed by atoms with Gasteiger partial charge in [-0.3, -0.25) is 14.6 Å². The van der Waals surface area contributed by atoms with Crippen molar-refractivity contribution < 1.29 is 29.3 Å². The molecule has 3 rings (SSSR count). The average Bonchev–Trinajstić information content (AvgIpc) is 2.86. The molecule has 0 saturated heterocycles. The number of hydrazone groups is 2.